The molecule has 1 unspecified atom stereocenters. The topological polar surface area (TPSA) is 72.7 Å². The summed E-state index contributed by atoms with van der Waals surface area (Å²) < 4.78 is 44.2. The molecule has 33 heavy (non-hydrogen) atoms. The fourth-order valence-corrected chi connectivity index (χ4v) is 4.28. The first-order valence-electron chi connectivity index (χ1n) is 10.3. The lowest BCUT2D eigenvalue weighted by atomic mass is 9.88. The van der Waals surface area contributed by atoms with Gasteiger partial charge in [-0.3, -0.25) is 4.79 Å². The van der Waals surface area contributed by atoms with E-state index in [0.29, 0.717) is 22.8 Å². The summed E-state index contributed by atoms with van der Waals surface area (Å²) in [5, 5.41) is 2.75. The molecule has 4 heterocycles. The Kier molecular flexibility index (Phi) is 4.69. The van der Waals surface area contributed by atoms with Crippen molar-refractivity contribution in [3.8, 4) is 11.5 Å². The minimum Gasteiger partial charge on any atom is -0.325 e. The molecule has 2 aliphatic rings. The number of nitrogens with zero attached hydrogens (tertiary/aromatic N) is 4. The minimum absolute atomic E-state index is 0.189. The number of fused-ring (bicyclic) bond motifs is 2. The quantitative estimate of drug-likeness (QED) is 0.445. The molecule has 5 rings (SSSR count). The van der Waals surface area contributed by atoms with Gasteiger partial charge in [0.15, 0.2) is 17.5 Å². The van der Waals surface area contributed by atoms with Crippen LogP contribution < -0.4 is 5.32 Å². The summed E-state index contributed by atoms with van der Waals surface area (Å²) in [5.74, 6) is -2.54. The van der Waals surface area contributed by atoms with Crippen LogP contribution in [0.5, 0.6) is 0 Å². The van der Waals surface area contributed by atoms with E-state index in [4.69, 9.17) is 11.6 Å². The number of halogens is 4. The highest BCUT2D eigenvalue weighted by Crippen LogP contribution is 2.38. The predicted octanol–water partition coefficient (Wildman–Crippen LogP) is 4.60. The van der Waals surface area contributed by atoms with Gasteiger partial charge in [-0.25, -0.2) is 28.1 Å². The molecule has 3 aromatic rings. The van der Waals surface area contributed by atoms with E-state index in [-0.39, 0.29) is 30.5 Å². The van der Waals surface area contributed by atoms with Crippen LogP contribution in [0.1, 0.15) is 43.4 Å². The average Bonchev–Trinajstić information content (AvgIpc) is 3.20. The van der Waals surface area contributed by atoms with Crippen molar-refractivity contribution in [3.63, 3.8) is 0 Å². The van der Waals surface area contributed by atoms with Crippen LogP contribution in [0, 0.1) is 17.5 Å². The largest absolute Gasteiger partial charge is 0.325 e. The van der Waals surface area contributed by atoms with E-state index in [0.717, 1.165) is 12.1 Å². The average molecular weight is 474 g/mol. The number of carbonyl (C=O) groups excluding carboxylic acids is 1. The maximum Gasteiger partial charge on any atom is 0.235 e. The Labute approximate surface area is 192 Å². The SMILES string of the molecule is CC1(Cl)C=Cc2c(-c3ncc4c(n3)NC(=O)C4(C)C)nc(Cc3c(F)ccc(F)c3F)n2C1. The van der Waals surface area contributed by atoms with Crippen LogP contribution in [0.15, 0.2) is 24.4 Å². The maximum absolute atomic E-state index is 14.4. The van der Waals surface area contributed by atoms with Gasteiger partial charge in [-0.2, -0.15) is 0 Å². The number of benzene rings is 1. The summed E-state index contributed by atoms with van der Waals surface area (Å²) >= 11 is 6.52. The molecule has 10 heteroatoms. The third kappa shape index (κ3) is 3.42. The molecule has 0 bridgehead atoms. The second kappa shape index (κ2) is 7.15. The Balaban J connectivity index is 1.64. The molecule has 1 N–H and O–H groups in total. The van der Waals surface area contributed by atoms with E-state index < -0.39 is 33.3 Å². The van der Waals surface area contributed by atoms with Gasteiger partial charge in [-0.15, -0.1) is 11.6 Å². The smallest absolute Gasteiger partial charge is 0.235 e. The molecular weight excluding hydrogens is 455 g/mol. The van der Waals surface area contributed by atoms with Crippen molar-refractivity contribution < 1.29 is 18.0 Å². The highest BCUT2D eigenvalue weighted by atomic mass is 35.5. The van der Waals surface area contributed by atoms with Crippen molar-refractivity contribution in [2.45, 2.75) is 44.0 Å². The normalized spacial score (nSPS) is 20.5. The number of nitrogens with one attached hydrogen (secondary N) is 1. The molecule has 0 saturated carbocycles. The van der Waals surface area contributed by atoms with Crippen LogP contribution in [0.4, 0.5) is 19.0 Å². The van der Waals surface area contributed by atoms with Gasteiger partial charge in [0.1, 0.15) is 23.2 Å². The van der Waals surface area contributed by atoms with Gasteiger partial charge in [0, 0.05) is 30.3 Å². The first-order chi connectivity index (χ1) is 15.5. The number of alkyl halides is 1. The van der Waals surface area contributed by atoms with Gasteiger partial charge in [0.05, 0.1) is 16.0 Å². The number of hydrogen-bond acceptors (Lipinski definition) is 4. The Morgan fingerprint density at radius 1 is 1.15 bits per heavy atom. The number of hydrogen-bond donors (Lipinski definition) is 1. The van der Waals surface area contributed by atoms with Crippen LogP contribution in [-0.4, -0.2) is 30.3 Å². The summed E-state index contributed by atoms with van der Waals surface area (Å²) in [4.78, 5) is 25.0. The summed E-state index contributed by atoms with van der Waals surface area (Å²) in [6.45, 7) is 5.63. The lowest BCUT2D eigenvalue weighted by Crippen LogP contribution is -2.26. The lowest BCUT2D eigenvalue weighted by Gasteiger charge is -2.25. The second-order valence-corrected chi connectivity index (χ2v) is 9.86. The molecule has 2 aliphatic heterocycles. The van der Waals surface area contributed by atoms with Crippen molar-refractivity contribution >= 4 is 29.4 Å². The number of imidazole rings is 1. The van der Waals surface area contributed by atoms with Gasteiger partial charge in [0.25, 0.3) is 0 Å². The minimum atomic E-state index is -1.26. The van der Waals surface area contributed by atoms with E-state index in [1.165, 1.54) is 0 Å². The molecule has 170 valence electrons. The number of amides is 1. The number of aromatic nitrogens is 4. The highest BCUT2D eigenvalue weighted by Gasteiger charge is 2.40. The standard InChI is InChI=1S/C23H19ClF3N5O/c1-22(2)12-9-28-20(30-19(12)31-21(22)33)18-15-6-7-23(3,24)10-32(15)16(29-18)8-11-13(25)4-5-14(26)17(11)27/h4-7,9H,8,10H2,1-3H3,(H,28,30,31,33). The monoisotopic (exact) mass is 473 g/mol. The molecule has 0 aliphatic carbocycles. The van der Waals surface area contributed by atoms with Crippen molar-refractivity contribution in [1.82, 2.24) is 19.5 Å². The van der Waals surface area contributed by atoms with Crippen molar-refractivity contribution in [2.75, 3.05) is 5.32 Å². The van der Waals surface area contributed by atoms with Gasteiger partial charge in [-0.1, -0.05) is 6.08 Å². The van der Waals surface area contributed by atoms with E-state index in [1.54, 1.807) is 43.7 Å². The third-order valence-electron chi connectivity index (χ3n) is 6.09. The zero-order chi connectivity index (χ0) is 23.7. The number of anilines is 1. The van der Waals surface area contributed by atoms with E-state index >= 15 is 0 Å². The van der Waals surface area contributed by atoms with Gasteiger partial charge in [0.2, 0.25) is 5.91 Å². The van der Waals surface area contributed by atoms with E-state index in [1.807, 2.05) is 0 Å². The molecule has 2 aromatic heterocycles. The van der Waals surface area contributed by atoms with E-state index in [9.17, 15) is 18.0 Å². The van der Waals surface area contributed by atoms with Crippen molar-refractivity contribution in [2.24, 2.45) is 0 Å². The van der Waals surface area contributed by atoms with Crippen LogP contribution >= 0.6 is 11.6 Å². The molecule has 1 amide bonds. The summed E-state index contributed by atoms with van der Waals surface area (Å²) in [7, 11) is 0. The zero-order valence-electron chi connectivity index (χ0n) is 18.0. The number of allylic oxidation sites excluding steroid dienone is 1. The first kappa shape index (κ1) is 21.6. The fraction of sp³-hybridized carbons (Fsp3) is 0.304. The summed E-state index contributed by atoms with van der Waals surface area (Å²) in [5.41, 5.74) is 0.442. The van der Waals surface area contributed by atoms with Crippen LogP contribution in [0.3, 0.4) is 0 Å². The fourth-order valence-electron chi connectivity index (χ4n) is 4.10. The molecular formula is C23H19ClF3N5O. The lowest BCUT2D eigenvalue weighted by molar-refractivity contribution is -0.119. The molecule has 1 aromatic carbocycles. The third-order valence-corrected chi connectivity index (χ3v) is 6.33. The van der Waals surface area contributed by atoms with Gasteiger partial charge in [-0.05, 0) is 39.0 Å². The van der Waals surface area contributed by atoms with E-state index in [2.05, 4.69) is 20.3 Å². The predicted molar refractivity (Wildman–Crippen MR) is 117 cm³/mol. The van der Waals surface area contributed by atoms with Gasteiger partial charge >= 0.3 is 0 Å². The second-order valence-electron chi connectivity index (χ2n) is 8.99. The molecule has 0 saturated heterocycles. The zero-order valence-corrected chi connectivity index (χ0v) is 18.8. The Morgan fingerprint density at radius 2 is 1.88 bits per heavy atom. The summed E-state index contributed by atoms with van der Waals surface area (Å²) in [6.07, 6.45) is 4.82. The Bertz CT molecular complexity index is 1360. The van der Waals surface area contributed by atoms with Crippen molar-refractivity contribution in [1.29, 1.82) is 0 Å². The Hall–Kier alpha value is -3.20. The molecule has 6 nitrogen and oxygen atoms in total. The van der Waals surface area contributed by atoms with Crippen LogP contribution in [0.25, 0.3) is 17.6 Å². The molecule has 0 spiro atoms. The Morgan fingerprint density at radius 3 is 2.64 bits per heavy atom. The summed E-state index contributed by atoms with van der Waals surface area (Å²) in [6, 6.07) is 1.63. The maximum atomic E-state index is 14.4. The van der Waals surface area contributed by atoms with Crippen LogP contribution in [0.2, 0.25) is 0 Å². The first-order valence-corrected chi connectivity index (χ1v) is 10.6. The number of carbonyl (C=O) groups is 1. The molecule has 0 fully saturated rings. The molecule has 1 atom stereocenters. The highest BCUT2D eigenvalue weighted by molar-refractivity contribution is 6.25. The molecule has 0 radical (unpaired) electrons. The van der Waals surface area contributed by atoms with Crippen LogP contribution in [-0.2, 0) is 23.2 Å². The van der Waals surface area contributed by atoms with Crippen molar-refractivity contribution in [3.05, 3.63) is 64.5 Å². The van der Waals surface area contributed by atoms with Gasteiger partial charge < -0.3 is 9.88 Å². The number of rotatable bonds is 3.